The lowest BCUT2D eigenvalue weighted by molar-refractivity contribution is 0.741. The molecule has 0 N–H and O–H groups in total. The summed E-state index contributed by atoms with van der Waals surface area (Å²) in [5.74, 6) is 0.984. The maximum Gasteiger partial charge on any atom is 0.235 e. The molecule has 0 saturated heterocycles. The summed E-state index contributed by atoms with van der Waals surface area (Å²) >= 11 is 1.98. The highest BCUT2D eigenvalue weighted by Crippen LogP contribution is 2.63. The smallest absolute Gasteiger partial charge is 0.235 e. The number of nitrogens with zero attached hydrogens (tertiary/aromatic N) is 3. The van der Waals surface area contributed by atoms with Gasteiger partial charge in [-0.25, -0.2) is 9.97 Å². The van der Waals surface area contributed by atoms with Gasteiger partial charge in [-0.1, -0.05) is 121 Å². The van der Waals surface area contributed by atoms with E-state index < -0.39 is 0 Å². The van der Waals surface area contributed by atoms with Crippen molar-refractivity contribution in [2.75, 3.05) is 0 Å². The van der Waals surface area contributed by atoms with Crippen LogP contribution in [0.3, 0.4) is 0 Å². The van der Waals surface area contributed by atoms with E-state index >= 15 is 0 Å². The largest absolute Gasteiger partial charge is 0.280 e. The van der Waals surface area contributed by atoms with Crippen molar-refractivity contribution in [3.8, 4) is 28.3 Å². The summed E-state index contributed by atoms with van der Waals surface area (Å²) in [7, 11) is 0. The summed E-state index contributed by atoms with van der Waals surface area (Å²) in [6.45, 7) is 0. The van der Waals surface area contributed by atoms with E-state index in [9.17, 15) is 0 Å². The number of benzene rings is 6. The highest BCUT2D eigenvalue weighted by molar-refractivity contribution is 8.00. The number of hydrogen-bond donors (Lipinski definition) is 0. The molecule has 0 fully saturated rings. The number of hydrogen-bond acceptors (Lipinski definition) is 3. The number of aromatic nitrogens is 3. The Morgan fingerprint density at radius 3 is 2.20 bits per heavy atom. The van der Waals surface area contributed by atoms with Crippen LogP contribution in [0.1, 0.15) is 28.0 Å². The van der Waals surface area contributed by atoms with E-state index in [-0.39, 0.29) is 11.2 Å². The molecule has 3 heterocycles. The molecule has 0 saturated carbocycles. The van der Waals surface area contributed by atoms with Crippen LogP contribution in [0.2, 0.25) is 0 Å². The third-order valence-electron chi connectivity index (χ3n) is 9.38. The third kappa shape index (κ3) is 3.29. The van der Waals surface area contributed by atoms with Gasteiger partial charge in [0.05, 0.1) is 22.0 Å². The number of para-hydroxylation sites is 1. The fourth-order valence-electron chi connectivity index (χ4n) is 7.55. The van der Waals surface area contributed by atoms with E-state index in [1.54, 1.807) is 0 Å². The summed E-state index contributed by atoms with van der Waals surface area (Å²) < 4.78 is 2.38. The molecule has 206 valence electrons. The van der Waals surface area contributed by atoms with Crippen molar-refractivity contribution in [1.29, 1.82) is 0 Å². The Hall–Kier alpha value is -5.19. The monoisotopic (exact) mass is 579 g/mol. The van der Waals surface area contributed by atoms with E-state index in [4.69, 9.17) is 9.97 Å². The molecule has 6 aromatic carbocycles. The Bertz CT molecular complexity index is 2440. The first-order valence-electron chi connectivity index (χ1n) is 15.1. The van der Waals surface area contributed by atoms with Crippen LogP contribution in [0.4, 0.5) is 0 Å². The summed E-state index contributed by atoms with van der Waals surface area (Å²) in [6.07, 6.45) is 0. The zero-order chi connectivity index (χ0) is 28.8. The lowest BCUT2D eigenvalue weighted by Crippen LogP contribution is -2.17. The van der Waals surface area contributed by atoms with Gasteiger partial charge >= 0.3 is 0 Å². The number of thioether (sulfide) groups is 1. The molecule has 10 rings (SSSR count). The van der Waals surface area contributed by atoms with Gasteiger partial charge in [0, 0.05) is 43.8 Å². The predicted molar refractivity (Wildman–Crippen MR) is 182 cm³/mol. The molecule has 0 amide bonds. The minimum Gasteiger partial charge on any atom is -0.280 e. The Balaban J connectivity index is 1.36. The second-order valence-corrected chi connectivity index (χ2v) is 12.9. The van der Waals surface area contributed by atoms with Crippen molar-refractivity contribution in [3.63, 3.8) is 0 Å². The van der Waals surface area contributed by atoms with Gasteiger partial charge in [0.15, 0.2) is 0 Å². The van der Waals surface area contributed by atoms with Crippen LogP contribution in [-0.2, 0) is 0 Å². The molecule has 2 atom stereocenters. The molecule has 0 spiro atoms. The average Bonchev–Trinajstić information content (AvgIpc) is 3.65. The molecule has 4 heteroatoms. The molecule has 0 radical (unpaired) electrons. The van der Waals surface area contributed by atoms with Crippen LogP contribution < -0.4 is 0 Å². The molecule has 2 aromatic heterocycles. The molecular formula is C40H25N3S. The van der Waals surface area contributed by atoms with Crippen molar-refractivity contribution < 1.29 is 0 Å². The minimum absolute atomic E-state index is 0.205. The quantitative estimate of drug-likeness (QED) is 0.191. The first-order chi connectivity index (χ1) is 21.8. The van der Waals surface area contributed by atoms with Crippen LogP contribution in [-0.4, -0.2) is 14.5 Å². The van der Waals surface area contributed by atoms with E-state index in [1.165, 1.54) is 43.6 Å². The third-order valence-corrected chi connectivity index (χ3v) is 10.8. The van der Waals surface area contributed by atoms with Crippen molar-refractivity contribution in [2.24, 2.45) is 0 Å². The summed E-state index contributed by atoms with van der Waals surface area (Å²) in [5.41, 5.74) is 10.9. The molecule has 44 heavy (non-hydrogen) atoms. The lowest BCUT2D eigenvalue weighted by Gasteiger charge is -2.30. The fourth-order valence-corrected chi connectivity index (χ4v) is 9.07. The highest BCUT2D eigenvalue weighted by Gasteiger charge is 2.44. The second kappa shape index (κ2) is 9.15. The van der Waals surface area contributed by atoms with Gasteiger partial charge in [-0.15, -0.1) is 11.8 Å². The van der Waals surface area contributed by atoms with Crippen LogP contribution in [0, 0.1) is 0 Å². The van der Waals surface area contributed by atoms with E-state index in [1.807, 2.05) is 11.8 Å². The van der Waals surface area contributed by atoms with Gasteiger partial charge in [-0.2, -0.15) is 0 Å². The zero-order valence-electron chi connectivity index (χ0n) is 23.7. The predicted octanol–water partition coefficient (Wildman–Crippen LogP) is 10.4. The Kier molecular flexibility index (Phi) is 5.05. The maximum absolute atomic E-state index is 5.45. The van der Waals surface area contributed by atoms with Crippen molar-refractivity contribution in [1.82, 2.24) is 14.5 Å². The van der Waals surface area contributed by atoms with E-state index in [0.717, 1.165) is 39.0 Å². The summed E-state index contributed by atoms with van der Waals surface area (Å²) in [4.78, 5) is 12.3. The molecule has 1 aliphatic heterocycles. The standard InChI is InChI=1S/C40H25N3S/c1-2-13-25(14-3-1)36-31-23-22-24-12-4-5-15-26(24)37(31)42-40(41-36)43-32-20-10-8-18-29(32)34-27-16-6-7-17-28(27)35-30-19-9-11-21-33(30)44-39(35)38(34)43/h1-23,35,39H. The van der Waals surface area contributed by atoms with Gasteiger partial charge in [-0.3, -0.25) is 4.57 Å². The molecule has 0 bridgehead atoms. The van der Waals surface area contributed by atoms with Gasteiger partial charge in [0.2, 0.25) is 5.95 Å². The first kappa shape index (κ1) is 24.3. The normalized spacial score (nSPS) is 16.5. The summed E-state index contributed by atoms with van der Waals surface area (Å²) in [5, 5.41) is 4.83. The van der Waals surface area contributed by atoms with Crippen LogP contribution >= 0.6 is 11.8 Å². The van der Waals surface area contributed by atoms with E-state index in [0.29, 0.717) is 0 Å². The highest BCUT2D eigenvalue weighted by atomic mass is 32.2. The molecule has 1 aliphatic carbocycles. The van der Waals surface area contributed by atoms with Crippen LogP contribution in [0.25, 0.3) is 60.9 Å². The molecule has 8 aromatic rings. The Labute approximate surface area is 258 Å². The molecular weight excluding hydrogens is 555 g/mol. The topological polar surface area (TPSA) is 30.7 Å². The Morgan fingerprint density at radius 1 is 0.568 bits per heavy atom. The minimum atomic E-state index is 0.205. The maximum atomic E-state index is 5.45. The number of fused-ring (bicyclic) bond motifs is 13. The van der Waals surface area contributed by atoms with E-state index in [2.05, 4.69) is 144 Å². The first-order valence-corrected chi connectivity index (χ1v) is 16.0. The van der Waals surface area contributed by atoms with Crippen LogP contribution in [0.15, 0.2) is 144 Å². The van der Waals surface area contributed by atoms with Crippen LogP contribution in [0.5, 0.6) is 0 Å². The average molecular weight is 580 g/mol. The van der Waals surface area contributed by atoms with Gasteiger partial charge in [-0.05, 0) is 40.3 Å². The summed E-state index contributed by atoms with van der Waals surface area (Å²) in [6, 6.07) is 50.2. The molecule has 3 nitrogen and oxygen atoms in total. The fraction of sp³-hybridized carbons (Fsp3) is 0.0500. The van der Waals surface area contributed by atoms with Crippen molar-refractivity contribution in [2.45, 2.75) is 16.1 Å². The van der Waals surface area contributed by atoms with Gasteiger partial charge in [0.25, 0.3) is 0 Å². The van der Waals surface area contributed by atoms with Gasteiger partial charge in [0.1, 0.15) is 0 Å². The van der Waals surface area contributed by atoms with Crippen molar-refractivity contribution in [3.05, 3.63) is 156 Å². The zero-order valence-corrected chi connectivity index (χ0v) is 24.5. The molecule has 2 unspecified atom stereocenters. The number of rotatable bonds is 2. The SMILES string of the molecule is c1ccc(-c2nc(-n3c4c(c5ccccc53)-c3ccccc3C3c5ccccc5SC43)nc3c2ccc2ccccc23)cc1. The van der Waals surface area contributed by atoms with Crippen molar-refractivity contribution >= 4 is 44.3 Å². The lowest BCUT2D eigenvalue weighted by atomic mass is 9.77. The van der Waals surface area contributed by atoms with Gasteiger partial charge < -0.3 is 0 Å². The second-order valence-electron chi connectivity index (χ2n) is 11.7. The molecule has 2 aliphatic rings. The Morgan fingerprint density at radius 2 is 1.30 bits per heavy atom.